The van der Waals surface area contributed by atoms with Crippen LogP contribution in [-0.2, 0) is 17.0 Å². The van der Waals surface area contributed by atoms with Crippen molar-refractivity contribution in [2.24, 2.45) is 0 Å². The Labute approximate surface area is 208 Å². The standard InChI is InChI=1S/C27H29FN4O2S/c1-19(2)34-15-3-13-30-26(33)22-8-4-20(5-9-22)17-32-25-16-29-14-12-24(25)31-27(32)35-18-21-6-10-23(28)11-7-21/h4-12,14,16,19H,3,13,15,17-18H2,1-2H3,(H,30,33). The first-order valence-electron chi connectivity index (χ1n) is 11.7. The number of hydrogen-bond donors (Lipinski definition) is 1. The average molecular weight is 493 g/mol. The minimum absolute atomic E-state index is 0.0890. The minimum atomic E-state index is -0.241. The molecule has 4 aromatic rings. The van der Waals surface area contributed by atoms with E-state index in [0.29, 0.717) is 31.0 Å². The largest absolute Gasteiger partial charge is 0.379 e. The van der Waals surface area contributed by atoms with E-state index in [1.165, 1.54) is 12.1 Å². The average Bonchev–Trinajstić information content (AvgIpc) is 3.21. The van der Waals surface area contributed by atoms with Crippen LogP contribution in [0.25, 0.3) is 11.0 Å². The number of imidazole rings is 1. The highest BCUT2D eigenvalue weighted by Crippen LogP contribution is 2.27. The third-order valence-corrected chi connectivity index (χ3v) is 6.46. The van der Waals surface area contributed by atoms with Crippen molar-refractivity contribution in [3.63, 3.8) is 0 Å². The molecule has 182 valence electrons. The monoisotopic (exact) mass is 492 g/mol. The molecule has 2 aromatic heterocycles. The smallest absolute Gasteiger partial charge is 0.251 e. The van der Waals surface area contributed by atoms with Crippen molar-refractivity contribution in [2.45, 2.75) is 43.8 Å². The fourth-order valence-electron chi connectivity index (χ4n) is 3.58. The number of amides is 1. The van der Waals surface area contributed by atoms with Crippen LogP contribution in [0, 0.1) is 5.82 Å². The number of thioether (sulfide) groups is 1. The summed E-state index contributed by atoms with van der Waals surface area (Å²) >= 11 is 1.60. The highest BCUT2D eigenvalue weighted by Gasteiger charge is 2.13. The van der Waals surface area contributed by atoms with Crippen molar-refractivity contribution in [3.05, 3.63) is 89.5 Å². The van der Waals surface area contributed by atoms with Gasteiger partial charge >= 0.3 is 0 Å². The zero-order valence-electron chi connectivity index (χ0n) is 19.9. The molecule has 0 aliphatic rings. The molecule has 0 atom stereocenters. The summed E-state index contributed by atoms with van der Waals surface area (Å²) < 4.78 is 20.9. The van der Waals surface area contributed by atoms with Crippen LogP contribution in [0.15, 0.2) is 72.1 Å². The molecule has 8 heteroatoms. The summed E-state index contributed by atoms with van der Waals surface area (Å²) in [6, 6.07) is 16.0. The van der Waals surface area contributed by atoms with Crippen LogP contribution < -0.4 is 5.32 Å². The molecule has 2 aromatic carbocycles. The van der Waals surface area contributed by atoms with Crippen molar-refractivity contribution >= 4 is 28.7 Å². The molecule has 0 saturated carbocycles. The summed E-state index contributed by atoms with van der Waals surface area (Å²) in [4.78, 5) is 21.5. The Bertz CT molecular complexity index is 1260. The number of fused-ring (bicyclic) bond motifs is 1. The SMILES string of the molecule is CC(C)OCCCNC(=O)c1ccc(Cn2c(SCc3ccc(F)cc3)nc3ccncc32)cc1. The van der Waals surface area contributed by atoms with Crippen molar-refractivity contribution in [1.82, 2.24) is 19.9 Å². The first kappa shape index (κ1) is 24.9. The van der Waals surface area contributed by atoms with Crippen LogP contribution in [0.4, 0.5) is 4.39 Å². The second-order valence-electron chi connectivity index (χ2n) is 8.49. The Morgan fingerprint density at radius 2 is 1.83 bits per heavy atom. The van der Waals surface area contributed by atoms with E-state index >= 15 is 0 Å². The van der Waals surface area contributed by atoms with Crippen LogP contribution in [0.5, 0.6) is 0 Å². The van der Waals surface area contributed by atoms with Crippen molar-refractivity contribution in [2.75, 3.05) is 13.2 Å². The quantitative estimate of drug-likeness (QED) is 0.223. The highest BCUT2D eigenvalue weighted by atomic mass is 32.2. The Balaban J connectivity index is 1.42. The van der Waals surface area contributed by atoms with Gasteiger partial charge in [0.05, 0.1) is 29.9 Å². The minimum Gasteiger partial charge on any atom is -0.379 e. The molecular weight excluding hydrogens is 463 g/mol. The molecule has 35 heavy (non-hydrogen) atoms. The van der Waals surface area contributed by atoms with Gasteiger partial charge < -0.3 is 14.6 Å². The van der Waals surface area contributed by atoms with E-state index in [1.807, 2.05) is 50.4 Å². The second kappa shape index (κ2) is 12.0. The number of ether oxygens (including phenoxy) is 1. The summed E-state index contributed by atoms with van der Waals surface area (Å²) in [6.07, 6.45) is 4.52. The fraction of sp³-hybridized carbons (Fsp3) is 0.296. The molecule has 0 spiro atoms. The molecule has 1 N–H and O–H groups in total. The van der Waals surface area contributed by atoms with E-state index in [4.69, 9.17) is 9.72 Å². The maximum atomic E-state index is 13.2. The summed E-state index contributed by atoms with van der Waals surface area (Å²) in [5, 5.41) is 3.80. The van der Waals surface area contributed by atoms with Gasteiger partial charge in [-0.15, -0.1) is 0 Å². The topological polar surface area (TPSA) is 69.0 Å². The number of pyridine rings is 1. The summed E-state index contributed by atoms with van der Waals surface area (Å²) in [6.45, 7) is 5.80. The number of nitrogens with one attached hydrogen (secondary N) is 1. The number of rotatable bonds is 11. The van der Waals surface area contributed by atoms with Gasteiger partial charge in [-0.2, -0.15) is 0 Å². The van der Waals surface area contributed by atoms with Crippen LogP contribution in [0.2, 0.25) is 0 Å². The molecular formula is C27H29FN4O2S. The van der Waals surface area contributed by atoms with E-state index in [2.05, 4.69) is 14.9 Å². The number of aromatic nitrogens is 3. The van der Waals surface area contributed by atoms with Gasteiger partial charge in [0.25, 0.3) is 5.91 Å². The van der Waals surface area contributed by atoms with Gasteiger partial charge in [0, 0.05) is 30.7 Å². The first-order chi connectivity index (χ1) is 17.0. The molecule has 6 nitrogen and oxygen atoms in total. The molecule has 4 rings (SSSR count). The molecule has 0 bridgehead atoms. The van der Waals surface area contributed by atoms with Crippen LogP contribution in [0.3, 0.4) is 0 Å². The number of nitrogens with zero attached hydrogens (tertiary/aromatic N) is 3. The second-order valence-corrected chi connectivity index (χ2v) is 9.43. The number of carbonyl (C=O) groups is 1. The maximum absolute atomic E-state index is 13.2. The molecule has 0 fully saturated rings. The molecule has 0 radical (unpaired) electrons. The third-order valence-electron chi connectivity index (χ3n) is 5.41. The Hall–Kier alpha value is -3.23. The summed E-state index contributed by atoms with van der Waals surface area (Å²) in [5.74, 6) is 0.349. The predicted molar refractivity (Wildman–Crippen MR) is 137 cm³/mol. The van der Waals surface area contributed by atoms with Gasteiger partial charge in [-0.05, 0) is 61.7 Å². The van der Waals surface area contributed by atoms with Gasteiger partial charge in [0.2, 0.25) is 0 Å². The van der Waals surface area contributed by atoms with E-state index in [9.17, 15) is 9.18 Å². The van der Waals surface area contributed by atoms with Gasteiger partial charge in [-0.1, -0.05) is 36.0 Å². The zero-order valence-corrected chi connectivity index (χ0v) is 20.7. The fourth-order valence-corrected chi connectivity index (χ4v) is 4.55. The molecule has 0 saturated heterocycles. The number of halogens is 1. The lowest BCUT2D eigenvalue weighted by Gasteiger charge is -2.11. The molecule has 1 amide bonds. The highest BCUT2D eigenvalue weighted by molar-refractivity contribution is 7.98. The Morgan fingerprint density at radius 3 is 2.57 bits per heavy atom. The normalized spacial score (nSPS) is 11.3. The lowest BCUT2D eigenvalue weighted by molar-refractivity contribution is 0.0757. The lowest BCUT2D eigenvalue weighted by atomic mass is 10.1. The molecule has 0 unspecified atom stereocenters. The first-order valence-corrected chi connectivity index (χ1v) is 12.6. The van der Waals surface area contributed by atoms with Crippen LogP contribution >= 0.6 is 11.8 Å². The van der Waals surface area contributed by atoms with Crippen molar-refractivity contribution in [3.8, 4) is 0 Å². The van der Waals surface area contributed by atoms with Gasteiger partial charge in [-0.25, -0.2) is 9.37 Å². The van der Waals surface area contributed by atoms with Crippen molar-refractivity contribution < 1.29 is 13.9 Å². The predicted octanol–water partition coefficient (Wildman–Crippen LogP) is 5.46. The third kappa shape index (κ3) is 6.90. The summed E-state index contributed by atoms with van der Waals surface area (Å²) in [5.41, 5.74) is 4.53. The zero-order chi connectivity index (χ0) is 24.6. The van der Waals surface area contributed by atoms with E-state index in [-0.39, 0.29) is 17.8 Å². The number of benzene rings is 2. The van der Waals surface area contributed by atoms with Gasteiger partial charge in [0.1, 0.15) is 5.82 Å². The molecule has 0 aliphatic carbocycles. The number of carbonyl (C=O) groups excluding carboxylic acids is 1. The van der Waals surface area contributed by atoms with Crippen molar-refractivity contribution in [1.29, 1.82) is 0 Å². The Kier molecular flexibility index (Phi) is 8.50. The van der Waals surface area contributed by atoms with E-state index in [0.717, 1.165) is 33.7 Å². The van der Waals surface area contributed by atoms with Gasteiger partial charge in [0.15, 0.2) is 5.16 Å². The Morgan fingerprint density at radius 1 is 1.09 bits per heavy atom. The molecule has 2 heterocycles. The maximum Gasteiger partial charge on any atom is 0.251 e. The number of hydrogen-bond acceptors (Lipinski definition) is 5. The van der Waals surface area contributed by atoms with E-state index < -0.39 is 0 Å². The van der Waals surface area contributed by atoms with E-state index in [1.54, 1.807) is 30.1 Å². The molecule has 0 aliphatic heterocycles. The van der Waals surface area contributed by atoms with Crippen LogP contribution in [0.1, 0.15) is 41.8 Å². The summed E-state index contributed by atoms with van der Waals surface area (Å²) in [7, 11) is 0. The van der Waals surface area contributed by atoms with Crippen LogP contribution in [-0.4, -0.2) is 39.7 Å². The van der Waals surface area contributed by atoms with Gasteiger partial charge in [-0.3, -0.25) is 9.78 Å². The lowest BCUT2D eigenvalue weighted by Crippen LogP contribution is -2.25.